The Labute approximate surface area is 104 Å². The molecule has 1 amide bonds. The lowest BCUT2D eigenvalue weighted by atomic mass is 10.3. The van der Waals surface area contributed by atoms with E-state index in [-0.39, 0.29) is 5.91 Å². The number of benzene rings is 1. The first kappa shape index (κ1) is 11.8. The van der Waals surface area contributed by atoms with E-state index >= 15 is 0 Å². The lowest BCUT2D eigenvalue weighted by Gasteiger charge is -2.06. The average molecular weight is 243 g/mol. The van der Waals surface area contributed by atoms with Gasteiger partial charge in [0, 0.05) is 18.3 Å². The molecule has 0 unspecified atom stereocenters. The van der Waals surface area contributed by atoms with Gasteiger partial charge in [-0.25, -0.2) is 9.97 Å². The van der Waals surface area contributed by atoms with Gasteiger partial charge < -0.3 is 16.4 Å². The predicted octanol–water partition coefficient (Wildman–Crippen LogP) is 1.76. The number of amides is 1. The van der Waals surface area contributed by atoms with Crippen molar-refractivity contribution in [3.8, 4) is 0 Å². The van der Waals surface area contributed by atoms with E-state index in [4.69, 9.17) is 5.73 Å². The summed E-state index contributed by atoms with van der Waals surface area (Å²) in [6, 6.07) is 7.27. The van der Waals surface area contributed by atoms with Crippen molar-refractivity contribution in [1.29, 1.82) is 0 Å². The predicted molar refractivity (Wildman–Crippen MR) is 70.5 cm³/mol. The number of hydrogen-bond acceptors (Lipinski definition) is 5. The Hall–Kier alpha value is -2.63. The van der Waals surface area contributed by atoms with Crippen LogP contribution in [0, 0.1) is 0 Å². The number of nitrogens with one attached hydrogen (secondary N) is 2. The van der Waals surface area contributed by atoms with Crippen LogP contribution in [-0.2, 0) is 4.79 Å². The van der Waals surface area contributed by atoms with Crippen LogP contribution in [0.4, 0.5) is 23.0 Å². The van der Waals surface area contributed by atoms with Crippen LogP contribution in [0.1, 0.15) is 6.92 Å². The Morgan fingerprint density at radius 2 is 1.78 bits per heavy atom. The highest BCUT2D eigenvalue weighted by Gasteiger charge is 1.98. The first-order valence-electron chi connectivity index (χ1n) is 5.36. The second-order valence-electron chi connectivity index (χ2n) is 3.71. The number of carbonyl (C=O) groups is 1. The molecular weight excluding hydrogens is 230 g/mol. The molecule has 0 bridgehead atoms. The smallest absolute Gasteiger partial charge is 0.221 e. The molecule has 2 rings (SSSR count). The Bertz CT molecular complexity index is 535. The lowest BCUT2D eigenvalue weighted by molar-refractivity contribution is -0.114. The topological polar surface area (TPSA) is 92.9 Å². The second-order valence-corrected chi connectivity index (χ2v) is 3.71. The molecule has 2 aromatic rings. The summed E-state index contributed by atoms with van der Waals surface area (Å²) >= 11 is 0. The van der Waals surface area contributed by atoms with Gasteiger partial charge in [-0.05, 0) is 24.3 Å². The largest absolute Gasteiger partial charge is 0.382 e. The van der Waals surface area contributed by atoms with Gasteiger partial charge in [-0.15, -0.1) is 0 Å². The molecule has 0 aliphatic rings. The number of hydrogen-bond donors (Lipinski definition) is 3. The van der Waals surface area contributed by atoms with Gasteiger partial charge in [0.25, 0.3) is 0 Å². The van der Waals surface area contributed by atoms with Crippen molar-refractivity contribution in [2.75, 3.05) is 16.4 Å². The standard InChI is InChI=1S/C12H13N5O/c1-8(18)16-9-2-4-10(5-3-9)17-12-7-14-11(13)6-15-12/h2-7H,1H3,(H2,13,14)(H,15,17)(H,16,18). The maximum absolute atomic E-state index is 10.9. The number of nitrogens with two attached hydrogens (primary N) is 1. The average Bonchev–Trinajstić information content (AvgIpc) is 2.34. The van der Waals surface area contributed by atoms with E-state index in [1.54, 1.807) is 18.3 Å². The number of carbonyl (C=O) groups excluding carboxylic acids is 1. The van der Waals surface area contributed by atoms with Gasteiger partial charge in [0.2, 0.25) is 5.91 Å². The fourth-order valence-electron chi connectivity index (χ4n) is 1.39. The van der Waals surface area contributed by atoms with Gasteiger partial charge >= 0.3 is 0 Å². The molecule has 92 valence electrons. The molecule has 0 aliphatic carbocycles. The van der Waals surface area contributed by atoms with E-state index in [2.05, 4.69) is 20.6 Å². The van der Waals surface area contributed by atoms with Crippen molar-refractivity contribution < 1.29 is 4.79 Å². The van der Waals surface area contributed by atoms with E-state index in [0.29, 0.717) is 11.6 Å². The minimum Gasteiger partial charge on any atom is -0.382 e. The highest BCUT2D eigenvalue weighted by molar-refractivity contribution is 5.88. The molecule has 0 saturated carbocycles. The minimum absolute atomic E-state index is 0.0971. The zero-order valence-electron chi connectivity index (χ0n) is 9.84. The van der Waals surface area contributed by atoms with Crippen LogP contribution in [0.2, 0.25) is 0 Å². The van der Waals surface area contributed by atoms with Crippen LogP contribution in [0.5, 0.6) is 0 Å². The molecule has 0 atom stereocenters. The maximum atomic E-state index is 10.9. The van der Waals surface area contributed by atoms with Gasteiger partial charge in [-0.2, -0.15) is 0 Å². The third kappa shape index (κ3) is 3.18. The zero-order valence-corrected chi connectivity index (χ0v) is 9.84. The Morgan fingerprint density at radius 1 is 1.11 bits per heavy atom. The van der Waals surface area contributed by atoms with Gasteiger partial charge in [0.1, 0.15) is 11.6 Å². The molecule has 6 nitrogen and oxygen atoms in total. The van der Waals surface area contributed by atoms with Crippen molar-refractivity contribution in [1.82, 2.24) is 9.97 Å². The maximum Gasteiger partial charge on any atom is 0.221 e. The Kier molecular flexibility index (Phi) is 3.38. The molecule has 18 heavy (non-hydrogen) atoms. The van der Waals surface area contributed by atoms with Crippen molar-refractivity contribution in [3.63, 3.8) is 0 Å². The van der Waals surface area contributed by atoms with Crippen molar-refractivity contribution in [2.24, 2.45) is 0 Å². The fraction of sp³-hybridized carbons (Fsp3) is 0.0833. The summed E-state index contributed by atoms with van der Waals surface area (Å²) in [4.78, 5) is 18.9. The van der Waals surface area contributed by atoms with Gasteiger partial charge in [-0.3, -0.25) is 4.79 Å². The molecule has 4 N–H and O–H groups in total. The fourth-order valence-corrected chi connectivity index (χ4v) is 1.39. The summed E-state index contributed by atoms with van der Waals surface area (Å²) < 4.78 is 0. The Balaban J connectivity index is 2.06. The van der Waals surface area contributed by atoms with Crippen LogP contribution < -0.4 is 16.4 Å². The third-order valence-electron chi connectivity index (χ3n) is 2.15. The number of rotatable bonds is 3. The van der Waals surface area contributed by atoms with Crippen molar-refractivity contribution in [3.05, 3.63) is 36.7 Å². The summed E-state index contributed by atoms with van der Waals surface area (Å²) in [5, 5.41) is 5.76. The van der Waals surface area contributed by atoms with Crippen LogP contribution >= 0.6 is 0 Å². The quantitative estimate of drug-likeness (QED) is 0.763. The summed E-state index contributed by atoms with van der Waals surface area (Å²) in [6.45, 7) is 1.47. The van der Waals surface area contributed by atoms with Gasteiger partial charge in [0.15, 0.2) is 0 Å². The van der Waals surface area contributed by atoms with Crippen LogP contribution in [0.15, 0.2) is 36.7 Å². The van der Waals surface area contributed by atoms with Crippen molar-refractivity contribution >= 4 is 28.9 Å². The molecular formula is C12H13N5O. The number of nitrogen functional groups attached to an aromatic ring is 1. The molecule has 6 heteroatoms. The van der Waals surface area contributed by atoms with Crippen LogP contribution in [0.25, 0.3) is 0 Å². The molecule has 0 radical (unpaired) electrons. The second kappa shape index (κ2) is 5.13. The monoisotopic (exact) mass is 243 g/mol. The van der Waals surface area contributed by atoms with E-state index in [1.165, 1.54) is 13.1 Å². The van der Waals surface area contributed by atoms with Gasteiger partial charge in [-0.1, -0.05) is 0 Å². The first-order valence-corrected chi connectivity index (χ1v) is 5.36. The SMILES string of the molecule is CC(=O)Nc1ccc(Nc2cnc(N)cn2)cc1. The number of aromatic nitrogens is 2. The summed E-state index contributed by atoms with van der Waals surface area (Å²) in [5.41, 5.74) is 7.04. The summed E-state index contributed by atoms with van der Waals surface area (Å²) in [7, 11) is 0. The van der Waals surface area contributed by atoms with Crippen LogP contribution in [0.3, 0.4) is 0 Å². The van der Waals surface area contributed by atoms with E-state index in [1.807, 2.05) is 12.1 Å². The number of nitrogens with zero attached hydrogens (tertiary/aromatic N) is 2. The minimum atomic E-state index is -0.0971. The molecule has 1 aromatic carbocycles. The highest BCUT2D eigenvalue weighted by atomic mass is 16.1. The van der Waals surface area contributed by atoms with E-state index < -0.39 is 0 Å². The van der Waals surface area contributed by atoms with Crippen LogP contribution in [-0.4, -0.2) is 15.9 Å². The number of anilines is 4. The zero-order chi connectivity index (χ0) is 13.0. The molecule has 0 aliphatic heterocycles. The molecule has 0 spiro atoms. The molecule has 0 fully saturated rings. The normalized spacial score (nSPS) is 9.83. The Morgan fingerprint density at radius 3 is 2.33 bits per heavy atom. The summed E-state index contributed by atoms with van der Waals surface area (Å²) in [6.07, 6.45) is 3.03. The van der Waals surface area contributed by atoms with E-state index in [0.717, 1.165) is 11.4 Å². The van der Waals surface area contributed by atoms with E-state index in [9.17, 15) is 4.79 Å². The third-order valence-corrected chi connectivity index (χ3v) is 2.15. The first-order chi connectivity index (χ1) is 8.63. The van der Waals surface area contributed by atoms with Gasteiger partial charge in [0.05, 0.1) is 12.4 Å². The highest BCUT2D eigenvalue weighted by Crippen LogP contribution is 2.17. The lowest BCUT2D eigenvalue weighted by Crippen LogP contribution is -2.05. The molecule has 1 aromatic heterocycles. The summed E-state index contributed by atoms with van der Waals surface area (Å²) in [5.74, 6) is 0.887. The van der Waals surface area contributed by atoms with Crippen molar-refractivity contribution in [2.45, 2.75) is 6.92 Å². The molecule has 1 heterocycles. The molecule has 0 saturated heterocycles.